The van der Waals surface area contributed by atoms with Crippen LogP contribution < -0.4 is 0 Å². The van der Waals surface area contributed by atoms with Crippen LogP contribution in [0.1, 0.15) is 12.8 Å². The van der Waals surface area contributed by atoms with E-state index in [9.17, 15) is 0 Å². The average Bonchev–Trinajstić information content (AvgIpc) is 2.04. The van der Waals surface area contributed by atoms with Gasteiger partial charge in [-0.1, -0.05) is 0 Å². The Hall–Kier alpha value is -0.120. The van der Waals surface area contributed by atoms with Crippen LogP contribution in [0.2, 0.25) is 0 Å². The minimum absolute atomic E-state index is 0.526. The fraction of sp³-hybridized carbons (Fsp3) is 1.00. The second-order valence-electron chi connectivity index (χ2n) is 3.63. The van der Waals surface area contributed by atoms with Crippen molar-refractivity contribution in [2.45, 2.75) is 25.0 Å². The summed E-state index contributed by atoms with van der Waals surface area (Å²) in [7, 11) is 1.81. The molecule has 2 fully saturated rings. The van der Waals surface area contributed by atoms with Gasteiger partial charge >= 0.3 is 0 Å². The zero-order chi connectivity index (χ0) is 8.39. The van der Waals surface area contributed by atoms with Gasteiger partial charge in [0.1, 0.15) is 0 Å². The van der Waals surface area contributed by atoms with Crippen molar-refractivity contribution in [1.82, 2.24) is 4.90 Å². The maximum absolute atomic E-state index is 5.30. The third-order valence-corrected chi connectivity index (χ3v) is 2.97. The zero-order valence-corrected chi connectivity index (χ0v) is 7.66. The van der Waals surface area contributed by atoms with Crippen LogP contribution in [0.3, 0.4) is 0 Å². The monoisotopic (exact) mass is 171 g/mol. The molecule has 1 saturated carbocycles. The second-order valence-corrected chi connectivity index (χ2v) is 3.63. The van der Waals surface area contributed by atoms with Crippen molar-refractivity contribution in [1.29, 1.82) is 0 Å². The normalized spacial score (nSPS) is 37.8. The Morgan fingerprint density at radius 2 is 1.92 bits per heavy atom. The van der Waals surface area contributed by atoms with Crippen molar-refractivity contribution in [2.75, 3.05) is 33.4 Å². The Kier molecular flexibility index (Phi) is 2.63. The molecular formula is C9H17NO2. The smallest absolute Gasteiger partial charge is 0.0601 e. The van der Waals surface area contributed by atoms with Crippen LogP contribution in [-0.2, 0) is 9.47 Å². The highest BCUT2D eigenvalue weighted by molar-refractivity contribution is 4.88. The molecule has 0 N–H and O–H groups in total. The molecule has 0 atom stereocenters. The number of rotatable bonds is 2. The summed E-state index contributed by atoms with van der Waals surface area (Å²) in [6.07, 6.45) is 2.96. The van der Waals surface area contributed by atoms with Gasteiger partial charge in [-0.3, -0.25) is 4.90 Å². The van der Waals surface area contributed by atoms with Crippen molar-refractivity contribution in [2.24, 2.45) is 0 Å². The van der Waals surface area contributed by atoms with Gasteiger partial charge in [-0.25, -0.2) is 0 Å². The first-order chi connectivity index (χ1) is 5.90. The average molecular weight is 171 g/mol. The largest absolute Gasteiger partial charge is 0.381 e. The molecule has 1 saturated heterocycles. The summed E-state index contributed by atoms with van der Waals surface area (Å²) in [5.41, 5.74) is 0. The minimum atomic E-state index is 0.526. The Morgan fingerprint density at radius 3 is 2.50 bits per heavy atom. The molecule has 0 radical (unpaired) electrons. The third kappa shape index (κ3) is 1.63. The van der Waals surface area contributed by atoms with Crippen LogP contribution in [0.4, 0.5) is 0 Å². The van der Waals surface area contributed by atoms with Gasteiger partial charge in [0, 0.05) is 26.2 Å². The molecule has 0 unspecified atom stereocenters. The quantitative estimate of drug-likeness (QED) is 0.604. The summed E-state index contributed by atoms with van der Waals surface area (Å²) in [5.74, 6) is 0. The number of hydrogen-bond donors (Lipinski definition) is 0. The summed E-state index contributed by atoms with van der Waals surface area (Å²) in [4.78, 5) is 2.53. The van der Waals surface area contributed by atoms with Gasteiger partial charge in [0.05, 0.1) is 19.3 Å². The molecule has 2 aliphatic rings. The summed E-state index contributed by atoms with van der Waals surface area (Å²) in [5, 5.41) is 0. The molecule has 0 aromatic heterocycles. The summed E-state index contributed by atoms with van der Waals surface area (Å²) in [6.45, 7) is 4.05. The van der Waals surface area contributed by atoms with Gasteiger partial charge in [0.2, 0.25) is 0 Å². The van der Waals surface area contributed by atoms with E-state index in [0.29, 0.717) is 6.10 Å². The molecule has 70 valence electrons. The predicted molar refractivity (Wildman–Crippen MR) is 46.2 cm³/mol. The molecule has 3 nitrogen and oxygen atoms in total. The highest BCUT2D eigenvalue weighted by Crippen LogP contribution is 2.28. The standard InChI is InChI=1S/C9H17NO2/c1-11-9-6-8(7-9)10-2-4-12-5-3-10/h8-9H,2-7H2,1H3/t8-,9+. The van der Waals surface area contributed by atoms with Gasteiger partial charge in [-0.2, -0.15) is 0 Å². The van der Waals surface area contributed by atoms with Crippen molar-refractivity contribution < 1.29 is 9.47 Å². The van der Waals surface area contributed by atoms with Gasteiger partial charge in [-0.15, -0.1) is 0 Å². The predicted octanol–water partition coefficient (Wildman–Crippen LogP) is 0.496. The van der Waals surface area contributed by atoms with Crippen LogP contribution in [0.5, 0.6) is 0 Å². The molecule has 0 amide bonds. The lowest BCUT2D eigenvalue weighted by Crippen LogP contribution is -2.51. The van der Waals surface area contributed by atoms with E-state index in [2.05, 4.69) is 4.90 Å². The maximum Gasteiger partial charge on any atom is 0.0601 e. The Labute approximate surface area is 73.6 Å². The van der Waals surface area contributed by atoms with Crippen LogP contribution in [-0.4, -0.2) is 50.5 Å². The summed E-state index contributed by atoms with van der Waals surface area (Å²) >= 11 is 0. The molecule has 12 heavy (non-hydrogen) atoms. The van der Waals surface area contributed by atoms with E-state index in [-0.39, 0.29) is 0 Å². The summed E-state index contributed by atoms with van der Waals surface area (Å²) in [6, 6.07) is 0.777. The lowest BCUT2D eigenvalue weighted by molar-refractivity contribution is -0.0598. The molecule has 1 heterocycles. The van der Waals surface area contributed by atoms with Crippen LogP contribution in [0.15, 0.2) is 0 Å². The van der Waals surface area contributed by atoms with Gasteiger partial charge in [0.25, 0.3) is 0 Å². The van der Waals surface area contributed by atoms with E-state index >= 15 is 0 Å². The molecular weight excluding hydrogens is 154 g/mol. The topological polar surface area (TPSA) is 21.7 Å². The third-order valence-electron chi connectivity index (χ3n) is 2.97. The highest BCUT2D eigenvalue weighted by atomic mass is 16.5. The molecule has 0 aromatic carbocycles. The van der Waals surface area contributed by atoms with E-state index in [0.717, 1.165) is 32.3 Å². The van der Waals surface area contributed by atoms with Crippen molar-refractivity contribution in [3.63, 3.8) is 0 Å². The second kappa shape index (κ2) is 3.73. The van der Waals surface area contributed by atoms with E-state index in [4.69, 9.17) is 9.47 Å². The number of ether oxygens (including phenoxy) is 2. The van der Waals surface area contributed by atoms with Crippen LogP contribution in [0.25, 0.3) is 0 Å². The Morgan fingerprint density at radius 1 is 1.25 bits per heavy atom. The van der Waals surface area contributed by atoms with E-state index in [1.165, 1.54) is 12.8 Å². The van der Waals surface area contributed by atoms with Crippen LogP contribution >= 0.6 is 0 Å². The van der Waals surface area contributed by atoms with Crippen molar-refractivity contribution in [3.8, 4) is 0 Å². The highest BCUT2D eigenvalue weighted by Gasteiger charge is 2.33. The van der Waals surface area contributed by atoms with Gasteiger partial charge < -0.3 is 9.47 Å². The number of hydrogen-bond acceptors (Lipinski definition) is 3. The fourth-order valence-corrected chi connectivity index (χ4v) is 1.97. The Balaban J connectivity index is 1.72. The molecule has 3 heteroatoms. The number of nitrogens with zero attached hydrogens (tertiary/aromatic N) is 1. The Bertz CT molecular complexity index is 139. The molecule has 0 bridgehead atoms. The molecule has 2 rings (SSSR count). The SMILES string of the molecule is CO[C@H]1C[C@@H](N2CCOCC2)C1. The van der Waals surface area contributed by atoms with Crippen molar-refractivity contribution in [3.05, 3.63) is 0 Å². The fourth-order valence-electron chi connectivity index (χ4n) is 1.97. The maximum atomic E-state index is 5.30. The zero-order valence-electron chi connectivity index (χ0n) is 7.66. The molecule has 1 aliphatic carbocycles. The first-order valence-corrected chi connectivity index (χ1v) is 4.74. The first kappa shape index (κ1) is 8.48. The van der Waals surface area contributed by atoms with E-state index < -0.39 is 0 Å². The minimum Gasteiger partial charge on any atom is -0.381 e. The van der Waals surface area contributed by atoms with Gasteiger partial charge in [0.15, 0.2) is 0 Å². The van der Waals surface area contributed by atoms with Crippen LogP contribution in [0, 0.1) is 0 Å². The molecule has 0 spiro atoms. The van der Waals surface area contributed by atoms with Crippen molar-refractivity contribution >= 4 is 0 Å². The molecule has 0 aromatic rings. The first-order valence-electron chi connectivity index (χ1n) is 4.74. The lowest BCUT2D eigenvalue weighted by Gasteiger charge is -2.43. The van der Waals surface area contributed by atoms with Gasteiger partial charge in [-0.05, 0) is 12.8 Å². The van der Waals surface area contributed by atoms with E-state index in [1.54, 1.807) is 7.11 Å². The number of morpholine rings is 1. The van der Waals surface area contributed by atoms with E-state index in [1.807, 2.05) is 0 Å². The number of methoxy groups -OCH3 is 1. The summed E-state index contributed by atoms with van der Waals surface area (Å²) < 4.78 is 10.5. The molecule has 1 aliphatic heterocycles. The lowest BCUT2D eigenvalue weighted by atomic mass is 9.87.